The summed E-state index contributed by atoms with van der Waals surface area (Å²) in [6.45, 7) is 1.96. The molecular weight excluding hydrogens is 370 g/mol. The van der Waals surface area contributed by atoms with Gasteiger partial charge in [-0.3, -0.25) is 9.78 Å². The number of rotatable bonds is 6. The number of nitrogens with zero attached hydrogens (tertiary/aromatic N) is 2. The average molecular weight is 391 g/mol. The van der Waals surface area contributed by atoms with Gasteiger partial charge in [-0.1, -0.05) is 0 Å². The number of carbonyl (C=O) groups is 1. The minimum Gasteiger partial charge on any atom is -0.496 e. The van der Waals surface area contributed by atoms with Crippen molar-refractivity contribution >= 4 is 15.9 Å². The van der Waals surface area contributed by atoms with Crippen molar-refractivity contribution in [2.24, 2.45) is 0 Å². The Morgan fingerprint density at radius 1 is 1.22 bits per heavy atom. The van der Waals surface area contributed by atoms with E-state index < -0.39 is 10.0 Å². The van der Waals surface area contributed by atoms with Gasteiger partial charge < -0.3 is 14.4 Å². The number of hydrogen-bond donors (Lipinski definition) is 1. The molecule has 1 aromatic heterocycles. The van der Waals surface area contributed by atoms with Crippen LogP contribution >= 0.6 is 0 Å². The molecule has 3 rings (SSSR count). The van der Waals surface area contributed by atoms with Crippen LogP contribution in [0.1, 0.15) is 15.9 Å². The summed E-state index contributed by atoms with van der Waals surface area (Å²) in [6.07, 6.45) is 3.19. The number of carbonyl (C=O) groups excluding carboxylic acids is 1. The number of aromatic nitrogens is 1. The van der Waals surface area contributed by atoms with Crippen LogP contribution in [-0.2, 0) is 21.3 Å². The van der Waals surface area contributed by atoms with Gasteiger partial charge in [-0.15, -0.1) is 0 Å². The third-order valence-electron chi connectivity index (χ3n) is 4.23. The van der Waals surface area contributed by atoms with E-state index in [1.165, 1.54) is 25.3 Å². The summed E-state index contributed by atoms with van der Waals surface area (Å²) in [5.41, 5.74) is 0.998. The summed E-state index contributed by atoms with van der Waals surface area (Å²) in [7, 11) is -2.35. The first-order valence-corrected chi connectivity index (χ1v) is 9.93. The number of morpholine rings is 1. The lowest BCUT2D eigenvalue weighted by atomic mass is 10.1. The van der Waals surface area contributed by atoms with Gasteiger partial charge in [-0.2, -0.15) is 0 Å². The monoisotopic (exact) mass is 391 g/mol. The fraction of sp³-hybridized carbons (Fsp3) is 0.333. The van der Waals surface area contributed by atoms with Gasteiger partial charge in [0.15, 0.2) is 0 Å². The number of pyridine rings is 1. The number of benzene rings is 1. The molecule has 0 bridgehead atoms. The lowest BCUT2D eigenvalue weighted by molar-refractivity contribution is 0.0300. The highest BCUT2D eigenvalue weighted by Gasteiger charge is 2.24. The molecule has 9 heteroatoms. The molecule has 1 fully saturated rings. The Morgan fingerprint density at radius 3 is 2.59 bits per heavy atom. The first kappa shape index (κ1) is 19.3. The fourth-order valence-corrected chi connectivity index (χ4v) is 3.76. The number of sulfonamides is 1. The van der Waals surface area contributed by atoms with Crippen molar-refractivity contribution < 1.29 is 22.7 Å². The van der Waals surface area contributed by atoms with Crippen LogP contribution in [-0.4, -0.2) is 57.6 Å². The third kappa shape index (κ3) is 4.62. The van der Waals surface area contributed by atoms with Crippen molar-refractivity contribution in [1.29, 1.82) is 0 Å². The second-order valence-electron chi connectivity index (χ2n) is 5.95. The van der Waals surface area contributed by atoms with E-state index >= 15 is 0 Å². The van der Waals surface area contributed by atoms with Crippen LogP contribution in [0.15, 0.2) is 47.6 Å². The Kier molecular flexibility index (Phi) is 6.04. The topological polar surface area (TPSA) is 97.8 Å². The van der Waals surface area contributed by atoms with Gasteiger partial charge in [0.25, 0.3) is 5.91 Å². The molecule has 0 aliphatic carbocycles. The fourth-order valence-electron chi connectivity index (χ4n) is 2.72. The predicted molar refractivity (Wildman–Crippen MR) is 98.0 cm³/mol. The Balaban J connectivity index is 1.84. The largest absolute Gasteiger partial charge is 0.496 e. The van der Waals surface area contributed by atoms with Gasteiger partial charge in [0.1, 0.15) is 5.75 Å². The molecule has 1 aromatic carbocycles. The summed E-state index contributed by atoms with van der Waals surface area (Å²) >= 11 is 0. The maximum absolute atomic E-state index is 12.8. The maximum atomic E-state index is 12.8. The molecule has 1 amide bonds. The highest BCUT2D eigenvalue weighted by molar-refractivity contribution is 7.89. The van der Waals surface area contributed by atoms with E-state index in [-0.39, 0.29) is 22.9 Å². The minimum atomic E-state index is -3.79. The molecule has 0 atom stereocenters. The van der Waals surface area contributed by atoms with E-state index in [1.54, 1.807) is 29.4 Å². The van der Waals surface area contributed by atoms with Gasteiger partial charge >= 0.3 is 0 Å². The van der Waals surface area contributed by atoms with E-state index in [4.69, 9.17) is 9.47 Å². The third-order valence-corrected chi connectivity index (χ3v) is 5.62. The molecule has 144 valence electrons. The number of nitrogens with one attached hydrogen (secondary N) is 1. The van der Waals surface area contributed by atoms with E-state index in [0.29, 0.717) is 32.1 Å². The van der Waals surface area contributed by atoms with E-state index in [9.17, 15) is 13.2 Å². The minimum absolute atomic E-state index is 0.00830. The van der Waals surface area contributed by atoms with E-state index in [2.05, 4.69) is 9.71 Å². The SMILES string of the molecule is COc1ccc(S(=O)(=O)NCc2ccncc2)cc1C(=O)N1CCOCC1. The van der Waals surface area contributed by atoms with Gasteiger partial charge in [0.05, 0.1) is 30.8 Å². The first-order chi connectivity index (χ1) is 13.0. The molecule has 1 saturated heterocycles. The van der Waals surface area contributed by atoms with Crippen LogP contribution in [0.4, 0.5) is 0 Å². The molecule has 2 aromatic rings. The Labute approximate surface area is 158 Å². The molecule has 0 saturated carbocycles. The Hall–Kier alpha value is -2.49. The van der Waals surface area contributed by atoms with E-state index in [0.717, 1.165) is 5.56 Å². The molecule has 0 spiro atoms. The van der Waals surface area contributed by atoms with Crippen molar-refractivity contribution in [3.8, 4) is 5.75 Å². The molecule has 8 nitrogen and oxygen atoms in total. The van der Waals surface area contributed by atoms with Crippen molar-refractivity contribution in [3.05, 3.63) is 53.9 Å². The number of ether oxygens (including phenoxy) is 2. The molecule has 1 aliphatic rings. The normalized spacial score (nSPS) is 14.8. The lowest BCUT2D eigenvalue weighted by Gasteiger charge is -2.27. The highest BCUT2D eigenvalue weighted by Crippen LogP contribution is 2.24. The van der Waals surface area contributed by atoms with Crippen molar-refractivity contribution in [1.82, 2.24) is 14.6 Å². The van der Waals surface area contributed by atoms with Crippen LogP contribution < -0.4 is 9.46 Å². The van der Waals surface area contributed by atoms with Gasteiger partial charge in [0, 0.05) is 32.0 Å². The second kappa shape index (κ2) is 8.47. The molecular formula is C18H21N3O5S. The summed E-state index contributed by atoms with van der Waals surface area (Å²) < 4.78 is 38.3. The van der Waals surface area contributed by atoms with Gasteiger partial charge in [0.2, 0.25) is 10.0 Å². The number of methoxy groups -OCH3 is 1. The summed E-state index contributed by atoms with van der Waals surface area (Å²) in [6, 6.07) is 7.72. The number of amides is 1. The van der Waals surface area contributed by atoms with Crippen LogP contribution in [0.3, 0.4) is 0 Å². The Morgan fingerprint density at radius 2 is 1.93 bits per heavy atom. The lowest BCUT2D eigenvalue weighted by Crippen LogP contribution is -2.40. The van der Waals surface area contributed by atoms with Crippen LogP contribution in [0.5, 0.6) is 5.75 Å². The quantitative estimate of drug-likeness (QED) is 0.790. The molecule has 0 radical (unpaired) electrons. The molecule has 2 heterocycles. The summed E-state index contributed by atoms with van der Waals surface area (Å²) in [5.74, 6) is 0.0564. The first-order valence-electron chi connectivity index (χ1n) is 8.45. The average Bonchev–Trinajstić information content (AvgIpc) is 2.72. The smallest absolute Gasteiger partial charge is 0.257 e. The maximum Gasteiger partial charge on any atom is 0.257 e. The van der Waals surface area contributed by atoms with Gasteiger partial charge in [-0.05, 0) is 35.9 Å². The number of hydrogen-bond acceptors (Lipinski definition) is 6. The Bertz CT molecular complexity index is 896. The van der Waals surface area contributed by atoms with Crippen LogP contribution in [0.25, 0.3) is 0 Å². The molecule has 27 heavy (non-hydrogen) atoms. The molecule has 1 N–H and O–H groups in total. The summed E-state index contributed by atoms with van der Waals surface area (Å²) in [5, 5.41) is 0. The van der Waals surface area contributed by atoms with Crippen molar-refractivity contribution in [3.63, 3.8) is 0 Å². The van der Waals surface area contributed by atoms with Gasteiger partial charge in [-0.25, -0.2) is 13.1 Å². The highest BCUT2D eigenvalue weighted by atomic mass is 32.2. The second-order valence-corrected chi connectivity index (χ2v) is 7.71. The summed E-state index contributed by atoms with van der Waals surface area (Å²) in [4.78, 5) is 18.3. The van der Waals surface area contributed by atoms with Crippen molar-refractivity contribution in [2.45, 2.75) is 11.4 Å². The van der Waals surface area contributed by atoms with E-state index in [1.807, 2.05) is 0 Å². The van der Waals surface area contributed by atoms with Crippen LogP contribution in [0, 0.1) is 0 Å². The van der Waals surface area contributed by atoms with Crippen LogP contribution in [0.2, 0.25) is 0 Å². The standard InChI is InChI=1S/C18H21N3O5S/c1-25-17-3-2-15(12-16(17)18(22)21-8-10-26-11-9-21)27(23,24)20-13-14-4-6-19-7-5-14/h2-7,12,20H,8-11,13H2,1H3. The zero-order chi connectivity index (χ0) is 19.3. The van der Waals surface area contributed by atoms with Crippen molar-refractivity contribution in [2.75, 3.05) is 33.4 Å². The zero-order valence-electron chi connectivity index (χ0n) is 14.9. The predicted octanol–water partition coefficient (Wildman–Crippen LogP) is 1.04. The molecule has 0 unspecified atom stereocenters. The zero-order valence-corrected chi connectivity index (χ0v) is 15.7. The molecule has 1 aliphatic heterocycles.